The van der Waals surface area contributed by atoms with E-state index in [9.17, 15) is 19.0 Å². The van der Waals surface area contributed by atoms with Crippen LogP contribution >= 0.6 is 7.82 Å². The molecule has 0 aromatic carbocycles. The van der Waals surface area contributed by atoms with Gasteiger partial charge in [-0.2, -0.15) is 0 Å². The number of hydrogen-bond acceptors (Lipinski definition) is 8. The lowest BCUT2D eigenvalue weighted by Crippen LogP contribution is -2.37. The predicted octanol–water partition coefficient (Wildman–Crippen LogP) is 11.8. The number of quaternary nitrogens is 1. The van der Waals surface area contributed by atoms with Gasteiger partial charge in [-0.1, -0.05) is 164 Å². The van der Waals surface area contributed by atoms with Crippen LogP contribution in [0.5, 0.6) is 0 Å². The van der Waals surface area contributed by atoms with Gasteiger partial charge in [-0.15, -0.1) is 0 Å². The molecule has 0 bridgehead atoms. The van der Waals surface area contributed by atoms with Crippen LogP contribution in [-0.2, 0) is 32.7 Å². The van der Waals surface area contributed by atoms with E-state index in [0.29, 0.717) is 23.9 Å². The van der Waals surface area contributed by atoms with Crippen LogP contribution < -0.4 is 4.89 Å². The Morgan fingerprint density at radius 3 is 1.50 bits per heavy atom. The quantitative estimate of drug-likeness (QED) is 0.0198. The van der Waals surface area contributed by atoms with Gasteiger partial charge in [0.05, 0.1) is 27.7 Å². The highest BCUT2D eigenvalue weighted by Crippen LogP contribution is 2.38. The van der Waals surface area contributed by atoms with E-state index in [-0.39, 0.29) is 26.1 Å². The van der Waals surface area contributed by atoms with Gasteiger partial charge in [0.2, 0.25) is 0 Å². The van der Waals surface area contributed by atoms with Crippen LogP contribution in [0.3, 0.4) is 0 Å². The highest BCUT2D eigenvalue weighted by Gasteiger charge is 2.21. The monoisotopic (exact) mass is 808 g/mol. The molecule has 0 saturated carbocycles. The standard InChI is InChI=1S/C46H82NO8P/c1-6-8-10-12-14-16-18-20-22-23-25-27-29-31-33-35-37-39-46(49)55-44(43-54-56(50,51)53-41-40-47(3,4)5)42-52-45(48)38-36-34-32-30-28-26-24-21-19-17-15-13-11-9-7-2/h8,10,14,16,20,22,25,27,31,33,44H,6-7,9,11-13,15,17-19,21,23-24,26,28-30,32,34-43H2,1-5H3/t44-/m1/s1. The van der Waals surface area contributed by atoms with Crippen molar-refractivity contribution < 1.29 is 42.1 Å². The number of likely N-dealkylation sites (N-methyl/N-ethyl adjacent to an activating group) is 1. The van der Waals surface area contributed by atoms with Gasteiger partial charge < -0.3 is 27.9 Å². The van der Waals surface area contributed by atoms with Crippen LogP contribution in [0, 0.1) is 0 Å². The Balaban J connectivity index is 4.46. The van der Waals surface area contributed by atoms with Gasteiger partial charge in [-0.05, 0) is 51.4 Å². The van der Waals surface area contributed by atoms with Gasteiger partial charge in [0.25, 0.3) is 7.82 Å². The Kier molecular flexibility index (Phi) is 36.7. The summed E-state index contributed by atoms with van der Waals surface area (Å²) in [5.41, 5.74) is 0. The molecule has 56 heavy (non-hydrogen) atoms. The van der Waals surface area contributed by atoms with E-state index >= 15 is 0 Å². The first-order chi connectivity index (χ1) is 27.0. The molecule has 324 valence electrons. The van der Waals surface area contributed by atoms with E-state index in [0.717, 1.165) is 51.4 Å². The first-order valence-electron chi connectivity index (χ1n) is 22.0. The van der Waals surface area contributed by atoms with E-state index in [1.54, 1.807) is 0 Å². The lowest BCUT2D eigenvalue weighted by atomic mass is 10.0. The lowest BCUT2D eigenvalue weighted by Gasteiger charge is -2.28. The summed E-state index contributed by atoms with van der Waals surface area (Å²) in [5, 5.41) is 0. The van der Waals surface area contributed by atoms with Crippen molar-refractivity contribution >= 4 is 19.8 Å². The van der Waals surface area contributed by atoms with E-state index in [2.05, 4.69) is 68.5 Å². The van der Waals surface area contributed by atoms with Crippen LogP contribution in [-0.4, -0.2) is 70.0 Å². The molecule has 0 heterocycles. The maximum absolute atomic E-state index is 12.6. The van der Waals surface area contributed by atoms with Gasteiger partial charge in [0.1, 0.15) is 19.8 Å². The Labute approximate surface area is 343 Å². The minimum Gasteiger partial charge on any atom is -0.756 e. The predicted molar refractivity (Wildman–Crippen MR) is 231 cm³/mol. The minimum atomic E-state index is -4.64. The van der Waals surface area contributed by atoms with Crippen molar-refractivity contribution in [1.82, 2.24) is 0 Å². The number of hydrogen-bond donors (Lipinski definition) is 0. The molecule has 0 aromatic heterocycles. The Bertz CT molecular complexity index is 1140. The molecule has 2 atom stereocenters. The molecule has 0 fully saturated rings. The molecule has 0 aliphatic carbocycles. The average molecular weight is 808 g/mol. The molecule has 0 radical (unpaired) electrons. The average Bonchev–Trinajstić information content (AvgIpc) is 3.15. The third kappa shape index (κ3) is 41.3. The summed E-state index contributed by atoms with van der Waals surface area (Å²) in [6.45, 7) is 4.04. The topological polar surface area (TPSA) is 111 Å². The van der Waals surface area contributed by atoms with Crippen LogP contribution in [0.25, 0.3) is 0 Å². The largest absolute Gasteiger partial charge is 0.756 e. The van der Waals surface area contributed by atoms with Crippen LogP contribution in [0.1, 0.15) is 168 Å². The number of carbonyl (C=O) groups excluding carboxylic acids is 2. The van der Waals surface area contributed by atoms with Crippen molar-refractivity contribution in [2.75, 3.05) is 47.5 Å². The van der Waals surface area contributed by atoms with Gasteiger partial charge in [-0.25, -0.2) is 0 Å². The maximum atomic E-state index is 12.6. The van der Waals surface area contributed by atoms with Crippen molar-refractivity contribution in [2.24, 2.45) is 0 Å². The third-order valence-corrected chi connectivity index (χ3v) is 10.0. The van der Waals surface area contributed by atoms with Crippen LogP contribution in [0.15, 0.2) is 60.8 Å². The molecular weight excluding hydrogens is 725 g/mol. The number of phosphoric acid groups is 1. The third-order valence-electron chi connectivity index (χ3n) is 9.05. The molecule has 0 rings (SSSR count). The Morgan fingerprint density at radius 2 is 1.02 bits per heavy atom. The highest BCUT2D eigenvalue weighted by atomic mass is 31.2. The first kappa shape index (κ1) is 53.7. The van der Waals surface area contributed by atoms with Crippen molar-refractivity contribution in [2.45, 2.75) is 174 Å². The summed E-state index contributed by atoms with van der Waals surface area (Å²) in [6.07, 6.45) is 45.4. The molecule has 0 saturated heterocycles. The molecular formula is C46H82NO8P. The second-order valence-electron chi connectivity index (χ2n) is 15.7. The number of carbonyl (C=O) groups is 2. The number of esters is 2. The van der Waals surface area contributed by atoms with Gasteiger partial charge in [0.15, 0.2) is 6.10 Å². The van der Waals surface area contributed by atoms with Crippen LogP contribution in [0.2, 0.25) is 0 Å². The molecule has 0 N–H and O–H groups in total. The smallest absolute Gasteiger partial charge is 0.306 e. The number of phosphoric ester groups is 1. The zero-order valence-corrected chi connectivity index (χ0v) is 37.2. The summed E-state index contributed by atoms with van der Waals surface area (Å²) in [4.78, 5) is 37.5. The molecule has 0 aliphatic heterocycles. The number of rotatable bonds is 39. The lowest BCUT2D eigenvalue weighted by molar-refractivity contribution is -0.870. The van der Waals surface area contributed by atoms with E-state index in [4.69, 9.17) is 18.5 Å². The fourth-order valence-corrected chi connectivity index (χ4v) is 6.36. The number of unbranched alkanes of at least 4 members (excludes halogenated alkanes) is 15. The van der Waals surface area contributed by atoms with Crippen LogP contribution in [0.4, 0.5) is 0 Å². The van der Waals surface area contributed by atoms with Crippen molar-refractivity contribution in [3.05, 3.63) is 60.8 Å². The van der Waals surface area contributed by atoms with E-state index in [1.807, 2.05) is 27.2 Å². The minimum absolute atomic E-state index is 0.0429. The van der Waals surface area contributed by atoms with Gasteiger partial charge in [-0.3, -0.25) is 14.2 Å². The first-order valence-corrected chi connectivity index (χ1v) is 23.5. The Morgan fingerprint density at radius 1 is 0.571 bits per heavy atom. The number of nitrogens with zero attached hydrogens (tertiary/aromatic N) is 1. The van der Waals surface area contributed by atoms with Crippen molar-refractivity contribution in [3.63, 3.8) is 0 Å². The molecule has 0 spiro atoms. The van der Waals surface area contributed by atoms with E-state index in [1.165, 1.54) is 77.0 Å². The molecule has 0 amide bonds. The summed E-state index contributed by atoms with van der Waals surface area (Å²) >= 11 is 0. The molecule has 0 aliphatic rings. The maximum Gasteiger partial charge on any atom is 0.306 e. The highest BCUT2D eigenvalue weighted by molar-refractivity contribution is 7.45. The van der Waals surface area contributed by atoms with E-state index < -0.39 is 32.5 Å². The van der Waals surface area contributed by atoms with Gasteiger partial charge >= 0.3 is 11.9 Å². The Hall–Kier alpha value is -2.29. The zero-order chi connectivity index (χ0) is 41.4. The molecule has 9 nitrogen and oxygen atoms in total. The molecule has 1 unspecified atom stereocenters. The van der Waals surface area contributed by atoms with Crippen molar-refractivity contribution in [3.8, 4) is 0 Å². The summed E-state index contributed by atoms with van der Waals surface area (Å²) in [6, 6.07) is 0. The second-order valence-corrected chi connectivity index (χ2v) is 17.1. The normalized spacial score (nSPS) is 14.2. The van der Waals surface area contributed by atoms with Gasteiger partial charge in [0, 0.05) is 12.8 Å². The fourth-order valence-electron chi connectivity index (χ4n) is 5.63. The molecule has 10 heteroatoms. The second kappa shape index (κ2) is 38.2. The summed E-state index contributed by atoms with van der Waals surface area (Å²) < 4.78 is 33.8. The summed E-state index contributed by atoms with van der Waals surface area (Å²) in [5.74, 6) is -0.903. The molecule has 0 aromatic rings. The zero-order valence-electron chi connectivity index (χ0n) is 36.3. The summed E-state index contributed by atoms with van der Waals surface area (Å²) in [7, 11) is 1.12. The number of allylic oxidation sites excluding steroid dienone is 10. The van der Waals surface area contributed by atoms with Crippen molar-refractivity contribution in [1.29, 1.82) is 0 Å². The SMILES string of the molecule is CCC=CCC=CCC=CCC=CCC=CCCCC(=O)O[C@H](COC(=O)CCCCCCCCCCCCCCCCC)COP(=O)([O-])OCC[N+](C)(C)C. The number of ether oxygens (including phenoxy) is 2. The fraction of sp³-hybridized carbons (Fsp3) is 0.739.